The first-order valence-corrected chi connectivity index (χ1v) is 15.7. The Balaban J connectivity index is 1.41. The second-order valence-corrected chi connectivity index (χ2v) is 11.8. The lowest BCUT2D eigenvalue weighted by Gasteiger charge is -2.31. The highest BCUT2D eigenvalue weighted by Crippen LogP contribution is 2.47. The van der Waals surface area contributed by atoms with Crippen LogP contribution < -0.4 is 19.9 Å². The van der Waals surface area contributed by atoms with Gasteiger partial charge in [-0.2, -0.15) is 0 Å². The molecule has 3 aliphatic heterocycles. The third-order valence-corrected chi connectivity index (χ3v) is 9.09. The van der Waals surface area contributed by atoms with E-state index < -0.39 is 23.8 Å². The lowest BCUT2D eigenvalue weighted by atomic mass is 9.84. The molecule has 0 bridgehead atoms. The normalized spacial score (nSPS) is 20.7. The fraction of sp³-hybridized carbons (Fsp3) is 0.545. The van der Waals surface area contributed by atoms with Crippen LogP contribution in [-0.4, -0.2) is 96.8 Å². The van der Waals surface area contributed by atoms with Crippen LogP contribution in [0.5, 0.6) is 17.2 Å². The van der Waals surface area contributed by atoms with Crippen molar-refractivity contribution in [2.45, 2.75) is 57.5 Å². The molecule has 1 saturated heterocycles. The number of hydrogen-bond acceptors (Lipinski definition) is 8. The summed E-state index contributed by atoms with van der Waals surface area (Å²) < 4.78 is 16.8. The van der Waals surface area contributed by atoms with Crippen molar-refractivity contribution >= 4 is 17.8 Å². The van der Waals surface area contributed by atoms with E-state index in [1.807, 2.05) is 46.2 Å². The van der Waals surface area contributed by atoms with E-state index in [1.54, 1.807) is 12.0 Å². The Morgan fingerprint density at radius 3 is 2.66 bits per heavy atom. The number of carbonyl (C=O) groups is 3. The fourth-order valence-corrected chi connectivity index (χ4v) is 6.77. The van der Waals surface area contributed by atoms with Crippen molar-refractivity contribution in [1.82, 2.24) is 14.7 Å². The van der Waals surface area contributed by atoms with Crippen LogP contribution in [0.3, 0.4) is 0 Å². The van der Waals surface area contributed by atoms with Crippen LogP contribution in [0.15, 0.2) is 36.4 Å². The number of carboxylic acids is 1. The quantitative estimate of drug-likeness (QED) is 0.292. The van der Waals surface area contributed by atoms with E-state index in [4.69, 9.17) is 19.9 Å². The van der Waals surface area contributed by atoms with Crippen molar-refractivity contribution < 1.29 is 33.7 Å². The molecule has 2 aromatic carbocycles. The van der Waals surface area contributed by atoms with Gasteiger partial charge in [-0.1, -0.05) is 31.5 Å². The standard InChI is InChI=1S/C33H44N4O7/c1-3-4-13-35(14-8-7-12-34)29(38)20-37-19-25(23-16-27(42-2)31-28(17-23)43-21-44-31)30(33(40)41)26(37)11-15-36-18-22-9-5-6-10-24(22)32(36)39/h5-6,9-10,16-17,25-26,30H,3-4,7-8,11-15,18-21,34H2,1-2H3,(H,40,41)/t25-,26+,30-/m1/s1. The van der Waals surface area contributed by atoms with E-state index in [1.165, 1.54) is 0 Å². The average molecular weight is 609 g/mol. The van der Waals surface area contributed by atoms with Gasteiger partial charge < -0.3 is 34.9 Å². The minimum atomic E-state index is -0.937. The Morgan fingerprint density at radius 1 is 1.14 bits per heavy atom. The zero-order valence-electron chi connectivity index (χ0n) is 25.7. The van der Waals surface area contributed by atoms with Crippen molar-refractivity contribution in [2.24, 2.45) is 11.7 Å². The number of hydrogen-bond donors (Lipinski definition) is 2. The summed E-state index contributed by atoms with van der Waals surface area (Å²) in [5.41, 5.74) is 8.13. The Hall–Kier alpha value is -3.83. The van der Waals surface area contributed by atoms with E-state index in [-0.39, 0.29) is 25.2 Å². The summed E-state index contributed by atoms with van der Waals surface area (Å²) in [7, 11) is 1.54. The Bertz CT molecular complexity index is 1350. The molecular weight excluding hydrogens is 564 g/mol. The summed E-state index contributed by atoms with van der Waals surface area (Å²) in [6.45, 7) is 5.37. The average Bonchev–Trinajstić information content (AvgIpc) is 3.73. The molecule has 238 valence electrons. The van der Waals surface area contributed by atoms with E-state index >= 15 is 0 Å². The Morgan fingerprint density at radius 2 is 1.93 bits per heavy atom. The van der Waals surface area contributed by atoms with Gasteiger partial charge in [0.05, 0.1) is 19.6 Å². The zero-order valence-corrected chi connectivity index (χ0v) is 25.7. The number of nitrogens with two attached hydrogens (primary N) is 1. The van der Waals surface area contributed by atoms with Crippen LogP contribution in [-0.2, 0) is 16.1 Å². The summed E-state index contributed by atoms with van der Waals surface area (Å²) in [6, 6.07) is 10.7. The number of fused-ring (bicyclic) bond motifs is 2. The molecule has 2 amide bonds. The SMILES string of the molecule is CCCCN(CCCCN)C(=O)CN1C[C@H](c2cc(OC)c3c(c2)OCO3)[C@@H](C(=O)O)[C@@H]1CCN1Cc2ccccc2C1=O. The smallest absolute Gasteiger partial charge is 0.308 e. The number of rotatable bonds is 15. The first kappa shape index (κ1) is 31.6. The highest BCUT2D eigenvalue weighted by Gasteiger charge is 2.48. The number of benzene rings is 2. The van der Waals surface area contributed by atoms with Gasteiger partial charge in [-0.3, -0.25) is 19.3 Å². The monoisotopic (exact) mass is 608 g/mol. The van der Waals surface area contributed by atoms with Gasteiger partial charge in [0.2, 0.25) is 18.4 Å². The maximum atomic E-state index is 13.8. The number of likely N-dealkylation sites (tertiary alicyclic amines) is 1. The number of amides is 2. The molecule has 2 aromatic rings. The molecular formula is C33H44N4O7. The maximum absolute atomic E-state index is 13.8. The largest absolute Gasteiger partial charge is 0.493 e. The van der Waals surface area contributed by atoms with Gasteiger partial charge in [0, 0.05) is 50.2 Å². The third-order valence-electron chi connectivity index (χ3n) is 9.09. The predicted octanol–water partition coefficient (Wildman–Crippen LogP) is 3.31. The maximum Gasteiger partial charge on any atom is 0.308 e. The van der Waals surface area contributed by atoms with Crippen molar-refractivity contribution in [3.63, 3.8) is 0 Å². The van der Waals surface area contributed by atoms with Crippen molar-refractivity contribution in [3.8, 4) is 17.2 Å². The second kappa shape index (κ2) is 14.3. The molecule has 44 heavy (non-hydrogen) atoms. The van der Waals surface area contributed by atoms with Crippen molar-refractivity contribution in [1.29, 1.82) is 0 Å². The first-order valence-electron chi connectivity index (χ1n) is 15.7. The molecule has 11 nitrogen and oxygen atoms in total. The molecule has 3 heterocycles. The van der Waals surface area contributed by atoms with Gasteiger partial charge in [-0.25, -0.2) is 0 Å². The molecule has 1 fully saturated rings. The Kier molecular flexibility index (Phi) is 10.3. The van der Waals surface area contributed by atoms with Gasteiger partial charge in [-0.15, -0.1) is 0 Å². The van der Waals surface area contributed by atoms with Crippen LogP contribution in [0.2, 0.25) is 0 Å². The lowest BCUT2D eigenvalue weighted by molar-refractivity contribution is -0.144. The highest BCUT2D eigenvalue weighted by molar-refractivity contribution is 5.98. The highest BCUT2D eigenvalue weighted by atomic mass is 16.7. The fourth-order valence-electron chi connectivity index (χ4n) is 6.77. The topological polar surface area (TPSA) is 135 Å². The van der Waals surface area contributed by atoms with Gasteiger partial charge >= 0.3 is 5.97 Å². The Labute approximate surface area is 258 Å². The summed E-state index contributed by atoms with van der Waals surface area (Å²) in [5.74, 6) is -0.740. The van der Waals surface area contributed by atoms with E-state index in [0.29, 0.717) is 68.5 Å². The van der Waals surface area contributed by atoms with Crippen LogP contribution in [0.4, 0.5) is 0 Å². The number of unbranched alkanes of at least 4 members (excludes halogenated alkanes) is 2. The van der Waals surface area contributed by atoms with Crippen LogP contribution >= 0.6 is 0 Å². The molecule has 11 heteroatoms. The first-order chi connectivity index (χ1) is 21.4. The molecule has 3 atom stereocenters. The molecule has 0 saturated carbocycles. The van der Waals surface area contributed by atoms with Gasteiger partial charge in [-0.05, 0) is 61.6 Å². The number of ether oxygens (including phenoxy) is 3. The van der Waals surface area contributed by atoms with Gasteiger partial charge in [0.15, 0.2) is 11.5 Å². The second-order valence-electron chi connectivity index (χ2n) is 11.8. The molecule has 0 radical (unpaired) electrons. The van der Waals surface area contributed by atoms with E-state index in [2.05, 4.69) is 6.92 Å². The molecule has 3 aliphatic rings. The zero-order chi connectivity index (χ0) is 31.2. The van der Waals surface area contributed by atoms with Crippen LogP contribution in [0.25, 0.3) is 0 Å². The molecule has 0 aromatic heterocycles. The lowest BCUT2D eigenvalue weighted by Crippen LogP contribution is -2.45. The summed E-state index contributed by atoms with van der Waals surface area (Å²) in [6.07, 6.45) is 3.94. The summed E-state index contributed by atoms with van der Waals surface area (Å²) in [5, 5.41) is 10.6. The van der Waals surface area contributed by atoms with Crippen molar-refractivity contribution in [3.05, 3.63) is 53.1 Å². The molecule has 5 rings (SSSR count). The molecule has 3 N–H and O–H groups in total. The predicted molar refractivity (Wildman–Crippen MR) is 164 cm³/mol. The third kappa shape index (κ3) is 6.63. The molecule has 0 unspecified atom stereocenters. The van der Waals surface area contributed by atoms with E-state index in [9.17, 15) is 19.5 Å². The number of aliphatic carboxylic acids is 1. The minimum absolute atomic E-state index is 0.0156. The number of methoxy groups -OCH3 is 1. The van der Waals surface area contributed by atoms with Crippen molar-refractivity contribution in [2.75, 3.05) is 53.2 Å². The van der Waals surface area contributed by atoms with Gasteiger partial charge in [0.1, 0.15) is 0 Å². The van der Waals surface area contributed by atoms with Crippen LogP contribution in [0, 0.1) is 5.92 Å². The molecule has 0 aliphatic carbocycles. The summed E-state index contributed by atoms with van der Waals surface area (Å²) >= 11 is 0. The summed E-state index contributed by atoms with van der Waals surface area (Å²) in [4.78, 5) is 45.6. The minimum Gasteiger partial charge on any atom is -0.493 e. The van der Waals surface area contributed by atoms with Crippen LogP contribution in [0.1, 0.15) is 66.4 Å². The molecule has 0 spiro atoms. The number of carbonyl (C=O) groups excluding carboxylic acids is 2. The number of carboxylic acid groups (broad SMARTS) is 1. The van der Waals surface area contributed by atoms with E-state index in [0.717, 1.165) is 36.8 Å². The number of nitrogens with zero attached hydrogens (tertiary/aromatic N) is 3. The van der Waals surface area contributed by atoms with Gasteiger partial charge in [0.25, 0.3) is 5.91 Å².